The highest BCUT2D eigenvalue weighted by Gasteiger charge is 2.28. The number of aromatic nitrogens is 3. The van der Waals surface area contributed by atoms with Gasteiger partial charge in [-0.1, -0.05) is 5.21 Å². The van der Waals surface area contributed by atoms with Crippen molar-refractivity contribution in [2.75, 3.05) is 13.6 Å². The molecule has 1 N–H and O–H groups in total. The molecule has 0 saturated heterocycles. The number of carboxylic acid groups (broad SMARTS) is 1. The van der Waals surface area contributed by atoms with Crippen molar-refractivity contribution < 1.29 is 27.9 Å². The number of carbonyl (C=O) groups is 2. The summed E-state index contributed by atoms with van der Waals surface area (Å²) >= 11 is 0. The molecule has 0 aliphatic heterocycles. The molecule has 0 bridgehead atoms. The standard InChI is InChI=1S/C9H11F3N4O3/c1-15(3-2-9(10,11)12)8(19)6-4-16(14-13-6)5-7(17)18/h4H,2-3,5H2,1H3,(H,17,18). The van der Waals surface area contributed by atoms with Gasteiger partial charge in [0.15, 0.2) is 5.69 Å². The van der Waals surface area contributed by atoms with Gasteiger partial charge in [0.25, 0.3) is 5.91 Å². The van der Waals surface area contributed by atoms with E-state index in [1.165, 1.54) is 7.05 Å². The zero-order chi connectivity index (χ0) is 14.6. The van der Waals surface area contributed by atoms with Gasteiger partial charge in [-0.15, -0.1) is 5.10 Å². The van der Waals surface area contributed by atoms with Crippen molar-refractivity contribution in [2.45, 2.75) is 19.1 Å². The Labute approximate surface area is 105 Å². The van der Waals surface area contributed by atoms with Gasteiger partial charge in [0.1, 0.15) is 6.54 Å². The van der Waals surface area contributed by atoms with E-state index in [1.807, 2.05) is 0 Å². The smallest absolute Gasteiger partial charge is 0.390 e. The highest BCUT2D eigenvalue weighted by atomic mass is 19.4. The predicted molar refractivity (Wildman–Crippen MR) is 55.3 cm³/mol. The molecule has 19 heavy (non-hydrogen) atoms. The zero-order valence-electron chi connectivity index (χ0n) is 9.89. The maximum atomic E-state index is 12.0. The van der Waals surface area contributed by atoms with Crippen molar-refractivity contribution in [2.24, 2.45) is 0 Å². The summed E-state index contributed by atoms with van der Waals surface area (Å²) in [7, 11) is 1.20. The molecule has 0 fully saturated rings. The van der Waals surface area contributed by atoms with Gasteiger partial charge >= 0.3 is 12.1 Å². The van der Waals surface area contributed by atoms with Crippen LogP contribution in [0.4, 0.5) is 13.2 Å². The summed E-state index contributed by atoms with van der Waals surface area (Å²) in [5.74, 6) is -1.92. The highest BCUT2D eigenvalue weighted by molar-refractivity contribution is 5.91. The van der Waals surface area contributed by atoms with Crippen LogP contribution in [0.3, 0.4) is 0 Å². The van der Waals surface area contributed by atoms with E-state index in [9.17, 15) is 22.8 Å². The molecule has 1 aromatic rings. The summed E-state index contributed by atoms with van der Waals surface area (Å²) in [5, 5.41) is 15.3. The number of halogens is 3. The van der Waals surface area contributed by atoms with Crippen molar-refractivity contribution in [1.29, 1.82) is 0 Å². The minimum absolute atomic E-state index is 0.203. The summed E-state index contributed by atoms with van der Waals surface area (Å²) in [4.78, 5) is 22.9. The minimum atomic E-state index is -4.35. The minimum Gasteiger partial charge on any atom is -0.480 e. The molecule has 10 heteroatoms. The predicted octanol–water partition coefficient (Wildman–Crippen LogP) is 0.387. The summed E-state index contributed by atoms with van der Waals surface area (Å²) < 4.78 is 36.9. The van der Waals surface area contributed by atoms with E-state index in [0.717, 1.165) is 15.8 Å². The molecule has 1 aromatic heterocycles. The lowest BCUT2D eigenvalue weighted by Gasteiger charge is -2.16. The van der Waals surface area contributed by atoms with Gasteiger partial charge < -0.3 is 10.0 Å². The average molecular weight is 280 g/mol. The van der Waals surface area contributed by atoms with E-state index in [2.05, 4.69) is 10.3 Å². The molecule has 0 unspecified atom stereocenters. The number of hydrogen-bond acceptors (Lipinski definition) is 4. The van der Waals surface area contributed by atoms with Gasteiger partial charge in [-0.3, -0.25) is 9.59 Å². The molecule has 0 spiro atoms. The topological polar surface area (TPSA) is 88.3 Å². The monoisotopic (exact) mass is 280 g/mol. The molecule has 0 atom stereocenters. The maximum absolute atomic E-state index is 12.0. The molecule has 106 valence electrons. The molecule has 1 amide bonds. The second-order valence-corrected chi connectivity index (χ2v) is 3.79. The van der Waals surface area contributed by atoms with Gasteiger partial charge in [-0.05, 0) is 0 Å². The lowest BCUT2D eigenvalue weighted by molar-refractivity contribution is -0.138. The fraction of sp³-hybridized carbons (Fsp3) is 0.556. The van der Waals surface area contributed by atoms with Gasteiger partial charge in [-0.2, -0.15) is 13.2 Å². The van der Waals surface area contributed by atoms with Crippen LogP contribution in [0.25, 0.3) is 0 Å². The lowest BCUT2D eigenvalue weighted by Crippen LogP contribution is -2.30. The number of alkyl halides is 3. The molecule has 0 aromatic carbocycles. The largest absolute Gasteiger partial charge is 0.480 e. The summed E-state index contributed by atoms with van der Waals surface area (Å²) in [6.07, 6.45) is -4.41. The third-order valence-electron chi connectivity index (χ3n) is 2.13. The van der Waals surface area contributed by atoms with Gasteiger partial charge in [0.05, 0.1) is 12.6 Å². The molecule has 0 aliphatic carbocycles. The van der Waals surface area contributed by atoms with Crippen LogP contribution in [0.5, 0.6) is 0 Å². The fourth-order valence-electron chi connectivity index (χ4n) is 1.20. The normalized spacial score (nSPS) is 11.4. The van der Waals surface area contributed by atoms with Crippen LogP contribution in [0, 0.1) is 0 Å². The summed E-state index contributed by atoms with van der Waals surface area (Å²) in [6, 6.07) is 0. The second kappa shape index (κ2) is 5.67. The first kappa shape index (κ1) is 14.9. The number of rotatable bonds is 5. The number of hydrogen-bond donors (Lipinski definition) is 1. The van der Waals surface area contributed by atoms with Crippen molar-refractivity contribution in [3.8, 4) is 0 Å². The third-order valence-corrected chi connectivity index (χ3v) is 2.13. The van der Waals surface area contributed by atoms with E-state index in [1.54, 1.807) is 0 Å². The van der Waals surface area contributed by atoms with E-state index in [-0.39, 0.29) is 5.69 Å². The molecule has 0 aliphatic rings. The molecule has 7 nitrogen and oxygen atoms in total. The van der Waals surface area contributed by atoms with Gasteiger partial charge in [0, 0.05) is 13.6 Å². The van der Waals surface area contributed by atoms with Crippen LogP contribution in [-0.2, 0) is 11.3 Å². The highest BCUT2D eigenvalue weighted by Crippen LogP contribution is 2.19. The summed E-state index contributed by atoms with van der Waals surface area (Å²) in [5.41, 5.74) is -0.203. The molecular formula is C9H11F3N4O3. The van der Waals surface area contributed by atoms with E-state index in [4.69, 9.17) is 5.11 Å². The lowest BCUT2D eigenvalue weighted by atomic mass is 10.3. The first-order chi connectivity index (χ1) is 8.69. The van der Waals surface area contributed by atoms with Crippen LogP contribution >= 0.6 is 0 Å². The number of aliphatic carboxylic acids is 1. The molecular weight excluding hydrogens is 269 g/mol. The Morgan fingerprint density at radius 2 is 2.11 bits per heavy atom. The second-order valence-electron chi connectivity index (χ2n) is 3.79. The van der Waals surface area contributed by atoms with E-state index < -0.39 is 37.6 Å². The van der Waals surface area contributed by atoms with Crippen LogP contribution in [0.1, 0.15) is 16.9 Å². The first-order valence-corrected chi connectivity index (χ1v) is 5.13. The quantitative estimate of drug-likeness (QED) is 0.842. The van der Waals surface area contributed by atoms with Crippen LogP contribution in [-0.4, -0.2) is 56.6 Å². The third kappa shape index (κ3) is 4.94. The number of carbonyl (C=O) groups excluding carboxylic acids is 1. The number of amides is 1. The Morgan fingerprint density at radius 3 is 2.63 bits per heavy atom. The fourth-order valence-corrected chi connectivity index (χ4v) is 1.20. The van der Waals surface area contributed by atoms with Crippen molar-refractivity contribution in [3.05, 3.63) is 11.9 Å². The summed E-state index contributed by atoms with van der Waals surface area (Å²) in [6.45, 7) is -0.985. The Kier molecular flexibility index (Phi) is 4.46. The van der Waals surface area contributed by atoms with Crippen LogP contribution < -0.4 is 0 Å². The van der Waals surface area contributed by atoms with Crippen molar-refractivity contribution >= 4 is 11.9 Å². The van der Waals surface area contributed by atoms with Crippen LogP contribution in [0.2, 0.25) is 0 Å². The Hall–Kier alpha value is -2.13. The van der Waals surface area contributed by atoms with Crippen LogP contribution in [0.15, 0.2) is 6.20 Å². The molecule has 0 radical (unpaired) electrons. The Bertz CT molecular complexity index is 472. The Morgan fingerprint density at radius 1 is 1.47 bits per heavy atom. The van der Waals surface area contributed by atoms with Gasteiger partial charge in [-0.25, -0.2) is 4.68 Å². The Balaban J connectivity index is 2.61. The molecule has 1 rings (SSSR count). The van der Waals surface area contributed by atoms with Gasteiger partial charge in [0.2, 0.25) is 0 Å². The molecule has 1 heterocycles. The first-order valence-electron chi connectivity index (χ1n) is 5.13. The average Bonchev–Trinajstić information content (AvgIpc) is 2.71. The SMILES string of the molecule is CN(CCC(F)(F)F)C(=O)c1cn(CC(=O)O)nn1. The number of carboxylic acids is 1. The maximum Gasteiger partial charge on any atom is 0.390 e. The number of nitrogens with zero attached hydrogens (tertiary/aromatic N) is 4. The van der Waals surface area contributed by atoms with Crippen molar-refractivity contribution in [1.82, 2.24) is 19.9 Å². The van der Waals surface area contributed by atoms with E-state index in [0.29, 0.717) is 0 Å². The molecule has 0 saturated carbocycles. The zero-order valence-corrected chi connectivity index (χ0v) is 9.89. The van der Waals surface area contributed by atoms with Crippen molar-refractivity contribution in [3.63, 3.8) is 0 Å². The van der Waals surface area contributed by atoms with E-state index >= 15 is 0 Å².